The van der Waals surface area contributed by atoms with Crippen molar-refractivity contribution in [3.63, 3.8) is 0 Å². The number of aliphatic carboxylic acids is 1. The summed E-state index contributed by atoms with van der Waals surface area (Å²) >= 11 is 5.76. The molecule has 0 spiro atoms. The molecule has 1 aromatic rings. The topological polar surface area (TPSA) is 78.9 Å². The number of carbonyl (C=O) groups is 2. The summed E-state index contributed by atoms with van der Waals surface area (Å²) in [5.41, 5.74) is 0. The van der Waals surface area contributed by atoms with Gasteiger partial charge in [-0.2, -0.15) is 0 Å². The lowest BCUT2D eigenvalue weighted by Gasteiger charge is -2.16. The molecule has 0 atom stereocenters. The molecule has 1 rings (SSSR count). The van der Waals surface area contributed by atoms with Gasteiger partial charge in [0, 0.05) is 11.6 Å². The lowest BCUT2D eigenvalue weighted by molar-refractivity contribution is -0.138. The number of hydrogen-bond donors (Lipinski definition) is 2. The SMILES string of the molecule is CN(CCOc1ccc(Cl)cc1)CC(=O)NCC(=O)O.Cl. The van der Waals surface area contributed by atoms with Crippen LogP contribution < -0.4 is 10.1 Å². The highest BCUT2D eigenvalue weighted by molar-refractivity contribution is 6.30. The van der Waals surface area contributed by atoms with Crippen molar-refractivity contribution in [1.29, 1.82) is 0 Å². The Balaban J connectivity index is 0.00000400. The number of nitrogens with zero attached hydrogens (tertiary/aromatic N) is 1. The Kier molecular flexibility index (Phi) is 9.53. The average Bonchev–Trinajstić information content (AvgIpc) is 2.38. The molecule has 0 aliphatic heterocycles. The van der Waals surface area contributed by atoms with Crippen LogP contribution in [0.5, 0.6) is 5.75 Å². The van der Waals surface area contributed by atoms with E-state index in [9.17, 15) is 9.59 Å². The number of carboxylic acids is 1. The Morgan fingerprint density at radius 2 is 1.95 bits per heavy atom. The largest absolute Gasteiger partial charge is 0.492 e. The first kappa shape index (κ1) is 19.5. The zero-order valence-electron chi connectivity index (χ0n) is 11.5. The Labute approximate surface area is 134 Å². The van der Waals surface area contributed by atoms with E-state index in [4.69, 9.17) is 21.4 Å². The molecule has 118 valence electrons. The maximum atomic E-state index is 11.4. The molecular formula is C13H18Cl2N2O4. The summed E-state index contributed by atoms with van der Waals surface area (Å²) < 4.78 is 5.49. The Morgan fingerprint density at radius 1 is 1.33 bits per heavy atom. The second-order valence-electron chi connectivity index (χ2n) is 4.21. The van der Waals surface area contributed by atoms with Crippen molar-refractivity contribution in [2.45, 2.75) is 0 Å². The molecule has 0 fully saturated rings. The first-order valence-electron chi connectivity index (χ1n) is 6.03. The van der Waals surface area contributed by atoms with Crippen molar-refractivity contribution in [2.75, 3.05) is 33.3 Å². The van der Waals surface area contributed by atoms with Gasteiger partial charge in [-0.1, -0.05) is 11.6 Å². The van der Waals surface area contributed by atoms with Crippen molar-refractivity contribution in [3.8, 4) is 5.75 Å². The molecule has 6 nitrogen and oxygen atoms in total. The molecule has 0 unspecified atom stereocenters. The summed E-state index contributed by atoms with van der Waals surface area (Å²) in [4.78, 5) is 23.4. The summed E-state index contributed by atoms with van der Waals surface area (Å²) in [5.74, 6) is -0.688. The van der Waals surface area contributed by atoms with Crippen LogP contribution in [0.1, 0.15) is 0 Å². The minimum atomic E-state index is -1.06. The monoisotopic (exact) mass is 336 g/mol. The Morgan fingerprint density at radius 3 is 2.52 bits per heavy atom. The van der Waals surface area contributed by atoms with Crippen LogP contribution in [0.2, 0.25) is 5.02 Å². The van der Waals surface area contributed by atoms with Gasteiger partial charge in [0.25, 0.3) is 0 Å². The molecule has 0 bridgehead atoms. The van der Waals surface area contributed by atoms with Gasteiger partial charge in [0.2, 0.25) is 5.91 Å². The lowest BCUT2D eigenvalue weighted by Crippen LogP contribution is -2.38. The van der Waals surface area contributed by atoms with E-state index in [-0.39, 0.29) is 31.4 Å². The number of amides is 1. The fourth-order valence-electron chi connectivity index (χ4n) is 1.40. The van der Waals surface area contributed by atoms with E-state index in [1.54, 1.807) is 36.2 Å². The molecule has 0 aromatic heterocycles. The molecule has 0 heterocycles. The number of ether oxygens (including phenoxy) is 1. The van der Waals surface area contributed by atoms with Crippen LogP contribution in [-0.4, -0.2) is 55.2 Å². The van der Waals surface area contributed by atoms with E-state index >= 15 is 0 Å². The van der Waals surface area contributed by atoms with Crippen molar-refractivity contribution < 1.29 is 19.4 Å². The molecule has 1 amide bonds. The Hall–Kier alpha value is -1.50. The van der Waals surface area contributed by atoms with Gasteiger partial charge in [0.1, 0.15) is 18.9 Å². The van der Waals surface area contributed by atoms with Crippen molar-refractivity contribution >= 4 is 35.9 Å². The number of carbonyl (C=O) groups excluding carboxylic acids is 1. The van der Waals surface area contributed by atoms with Crippen LogP contribution in [-0.2, 0) is 9.59 Å². The smallest absolute Gasteiger partial charge is 0.322 e. The summed E-state index contributed by atoms with van der Waals surface area (Å²) in [7, 11) is 1.76. The standard InChI is InChI=1S/C13H17ClN2O4.ClH/c1-16(9-12(17)15-8-13(18)19)6-7-20-11-4-2-10(14)3-5-11;/h2-5H,6-9H2,1H3,(H,15,17)(H,18,19);1H. The average molecular weight is 337 g/mol. The Bertz CT molecular complexity index is 454. The zero-order chi connectivity index (χ0) is 15.0. The van der Waals surface area contributed by atoms with Gasteiger partial charge in [-0.05, 0) is 31.3 Å². The molecule has 0 saturated heterocycles. The van der Waals surface area contributed by atoms with E-state index in [1.165, 1.54) is 0 Å². The lowest BCUT2D eigenvalue weighted by atomic mass is 10.3. The minimum Gasteiger partial charge on any atom is -0.492 e. The highest BCUT2D eigenvalue weighted by Gasteiger charge is 2.07. The highest BCUT2D eigenvalue weighted by Crippen LogP contribution is 2.15. The predicted octanol–water partition coefficient (Wildman–Crippen LogP) is 1.27. The number of benzene rings is 1. The van der Waals surface area contributed by atoms with Gasteiger partial charge >= 0.3 is 5.97 Å². The van der Waals surface area contributed by atoms with Crippen LogP contribution in [0.15, 0.2) is 24.3 Å². The van der Waals surface area contributed by atoms with Gasteiger partial charge in [-0.25, -0.2) is 0 Å². The molecule has 0 saturated carbocycles. The quantitative estimate of drug-likeness (QED) is 0.747. The van der Waals surface area contributed by atoms with Crippen LogP contribution >= 0.6 is 24.0 Å². The molecule has 21 heavy (non-hydrogen) atoms. The maximum Gasteiger partial charge on any atom is 0.322 e. The maximum absolute atomic E-state index is 11.4. The van der Waals surface area contributed by atoms with Crippen LogP contribution in [0.25, 0.3) is 0 Å². The third kappa shape index (κ3) is 9.12. The summed E-state index contributed by atoms with van der Waals surface area (Å²) in [6.07, 6.45) is 0. The van der Waals surface area contributed by atoms with Crippen LogP contribution in [0, 0.1) is 0 Å². The fraction of sp³-hybridized carbons (Fsp3) is 0.385. The summed E-state index contributed by atoms with van der Waals surface area (Å²) in [5, 5.41) is 11.4. The molecule has 8 heteroatoms. The number of nitrogens with one attached hydrogen (secondary N) is 1. The molecule has 2 N–H and O–H groups in total. The highest BCUT2D eigenvalue weighted by atomic mass is 35.5. The predicted molar refractivity (Wildman–Crippen MR) is 82.3 cm³/mol. The summed E-state index contributed by atoms with van der Waals surface area (Å²) in [6, 6.07) is 7.00. The fourth-order valence-corrected chi connectivity index (χ4v) is 1.53. The van der Waals surface area contributed by atoms with Crippen molar-refractivity contribution in [2.24, 2.45) is 0 Å². The number of halogens is 2. The van der Waals surface area contributed by atoms with Gasteiger partial charge < -0.3 is 15.2 Å². The van der Waals surface area contributed by atoms with E-state index in [0.717, 1.165) is 0 Å². The molecule has 0 aliphatic carbocycles. The zero-order valence-corrected chi connectivity index (χ0v) is 13.1. The number of likely N-dealkylation sites (N-methyl/N-ethyl adjacent to an activating group) is 1. The van der Waals surface area contributed by atoms with Gasteiger partial charge in [0.15, 0.2) is 0 Å². The van der Waals surface area contributed by atoms with E-state index in [0.29, 0.717) is 23.9 Å². The van der Waals surface area contributed by atoms with E-state index in [1.807, 2.05) is 0 Å². The second kappa shape index (κ2) is 10.3. The molecule has 1 aromatic carbocycles. The van der Waals surface area contributed by atoms with Crippen molar-refractivity contribution in [1.82, 2.24) is 10.2 Å². The third-order valence-electron chi connectivity index (χ3n) is 2.41. The number of carboxylic acid groups (broad SMARTS) is 1. The number of hydrogen-bond acceptors (Lipinski definition) is 4. The first-order chi connectivity index (χ1) is 9.47. The second-order valence-corrected chi connectivity index (χ2v) is 4.65. The normalized spacial score (nSPS) is 9.86. The summed E-state index contributed by atoms with van der Waals surface area (Å²) in [6.45, 7) is 0.721. The molecule has 0 radical (unpaired) electrons. The molecule has 0 aliphatic rings. The minimum absolute atomic E-state index is 0. The van der Waals surface area contributed by atoms with Crippen LogP contribution in [0.4, 0.5) is 0 Å². The third-order valence-corrected chi connectivity index (χ3v) is 2.66. The number of rotatable bonds is 8. The van der Waals surface area contributed by atoms with Crippen LogP contribution in [0.3, 0.4) is 0 Å². The van der Waals surface area contributed by atoms with Crippen molar-refractivity contribution in [3.05, 3.63) is 29.3 Å². The van der Waals surface area contributed by atoms with Gasteiger partial charge in [-0.15, -0.1) is 12.4 Å². The molecular weight excluding hydrogens is 319 g/mol. The van der Waals surface area contributed by atoms with E-state index < -0.39 is 5.97 Å². The first-order valence-corrected chi connectivity index (χ1v) is 6.40. The van der Waals surface area contributed by atoms with Gasteiger partial charge in [-0.3, -0.25) is 14.5 Å². The van der Waals surface area contributed by atoms with E-state index in [2.05, 4.69) is 5.32 Å². The van der Waals surface area contributed by atoms with Gasteiger partial charge in [0.05, 0.1) is 6.54 Å².